The SMILES string of the molecule is Cc1ccc(NS(=O)(=O)c2ccc(C(=O)N(C)Cc3ccc(N4CCOCC4)cc3)cc2)cc1C. The number of carbonyl (C=O) groups excluding carboxylic acids is 1. The van der Waals surface area contributed by atoms with Crippen molar-refractivity contribution in [3.63, 3.8) is 0 Å². The number of nitrogens with one attached hydrogen (secondary N) is 1. The van der Waals surface area contributed by atoms with Crippen molar-refractivity contribution in [1.82, 2.24) is 4.90 Å². The summed E-state index contributed by atoms with van der Waals surface area (Å²) in [5, 5.41) is 0. The van der Waals surface area contributed by atoms with Crippen molar-refractivity contribution < 1.29 is 17.9 Å². The number of morpholine rings is 1. The molecule has 1 fully saturated rings. The van der Waals surface area contributed by atoms with Gasteiger partial charge in [-0.1, -0.05) is 18.2 Å². The minimum absolute atomic E-state index is 0.105. The summed E-state index contributed by atoms with van der Waals surface area (Å²) < 4.78 is 33.6. The van der Waals surface area contributed by atoms with Gasteiger partial charge in [-0.2, -0.15) is 0 Å². The van der Waals surface area contributed by atoms with Crippen LogP contribution in [0.2, 0.25) is 0 Å². The van der Waals surface area contributed by atoms with Gasteiger partial charge in [-0.05, 0) is 79.1 Å². The van der Waals surface area contributed by atoms with Crippen LogP contribution in [0.15, 0.2) is 71.6 Å². The molecule has 184 valence electrons. The molecule has 1 saturated heterocycles. The third-order valence-corrected chi connectivity index (χ3v) is 7.65. The quantitative estimate of drug-likeness (QED) is 0.533. The minimum Gasteiger partial charge on any atom is -0.378 e. The van der Waals surface area contributed by atoms with Crippen LogP contribution in [0, 0.1) is 13.8 Å². The van der Waals surface area contributed by atoms with Crippen LogP contribution < -0.4 is 9.62 Å². The molecule has 0 spiro atoms. The maximum atomic E-state index is 12.9. The lowest BCUT2D eigenvalue weighted by Crippen LogP contribution is -2.36. The van der Waals surface area contributed by atoms with Gasteiger partial charge in [0.05, 0.1) is 18.1 Å². The lowest BCUT2D eigenvalue weighted by molar-refractivity contribution is 0.0785. The third kappa shape index (κ3) is 6.01. The summed E-state index contributed by atoms with van der Waals surface area (Å²) >= 11 is 0. The van der Waals surface area contributed by atoms with Gasteiger partial charge in [-0.25, -0.2) is 8.42 Å². The van der Waals surface area contributed by atoms with Gasteiger partial charge >= 0.3 is 0 Å². The standard InChI is InChI=1S/C27H31N3O4S/c1-20-4-9-24(18-21(20)2)28-35(32,33)26-12-7-23(8-13-26)27(31)29(3)19-22-5-10-25(11-6-22)30-14-16-34-17-15-30/h4-13,18,28H,14-17,19H2,1-3H3. The monoisotopic (exact) mass is 493 g/mol. The molecule has 0 aliphatic carbocycles. The Hall–Kier alpha value is -3.36. The van der Waals surface area contributed by atoms with Crippen LogP contribution in [0.4, 0.5) is 11.4 Å². The van der Waals surface area contributed by atoms with Crippen LogP contribution in [0.3, 0.4) is 0 Å². The summed E-state index contributed by atoms with van der Waals surface area (Å²) in [6.07, 6.45) is 0. The maximum absolute atomic E-state index is 12.9. The summed E-state index contributed by atoms with van der Waals surface area (Å²) in [7, 11) is -2.01. The summed E-state index contributed by atoms with van der Waals surface area (Å²) in [6.45, 7) is 7.59. The van der Waals surface area contributed by atoms with E-state index in [4.69, 9.17) is 4.74 Å². The topological polar surface area (TPSA) is 79.0 Å². The van der Waals surface area contributed by atoms with Crippen LogP contribution in [-0.4, -0.2) is 52.6 Å². The number of hydrogen-bond donors (Lipinski definition) is 1. The van der Waals surface area contributed by atoms with Gasteiger partial charge in [0.15, 0.2) is 0 Å². The minimum atomic E-state index is -3.75. The van der Waals surface area contributed by atoms with E-state index in [1.807, 2.05) is 32.0 Å². The molecule has 7 nitrogen and oxygen atoms in total. The fourth-order valence-electron chi connectivity index (χ4n) is 4.00. The zero-order valence-electron chi connectivity index (χ0n) is 20.3. The molecule has 1 N–H and O–H groups in total. The fraction of sp³-hybridized carbons (Fsp3) is 0.296. The van der Waals surface area contributed by atoms with Crippen LogP contribution >= 0.6 is 0 Å². The number of nitrogens with zero attached hydrogens (tertiary/aromatic N) is 2. The zero-order chi connectivity index (χ0) is 25.0. The summed E-state index contributed by atoms with van der Waals surface area (Å²) in [6, 6.07) is 19.6. The molecule has 4 rings (SSSR count). The molecule has 0 bridgehead atoms. The van der Waals surface area contributed by atoms with E-state index in [0.29, 0.717) is 17.8 Å². The Balaban J connectivity index is 1.39. The molecule has 3 aromatic rings. The third-order valence-electron chi connectivity index (χ3n) is 6.25. The highest BCUT2D eigenvalue weighted by molar-refractivity contribution is 7.92. The van der Waals surface area contributed by atoms with Crippen molar-refractivity contribution >= 4 is 27.3 Å². The first-order valence-electron chi connectivity index (χ1n) is 11.6. The summed E-state index contributed by atoms with van der Waals surface area (Å²) in [4.78, 5) is 16.9. The molecule has 0 aromatic heterocycles. The molecule has 0 saturated carbocycles. The van der Waals surface area contributed by atoms with Crippen molar-refractivity contribution in [2.24, 2.45) is 0 Å². The molecule has 1 amide bonds. The zero-order valence-corrected chi connectivity index (χ0v) is 21.1. The van der Waals surface area contributed by atoms with Gasteiger partial charge < -0.3 is 14.5 Å². The van der Waals surface area contributed by atoms with Gasteiger partial charge in [0.1, 0.15) is 0 Å². The Morgan fingerprint density at radius 3 is 2.23 bits per heavy atom. The van der Waals surface area contributed by atoms with E-state index in [0.717, 1.165) is 48.7 Å². The first kappa shape index (κ1) is 24.8. The second kappa shape index (κ2) is 10.5. The molecule has 0 atom stereocenters. The van der Waals surface area contributed by atoms with Crippen LogP contribution in [-0.2, 0) is 21.3 Å². The lowest BCUT2D eigenvalue weighted by atomic mass is 10.1. The van der Waals surface area contributed by atoms with E-state index >= 15 is 0 Å². The number of carbonyl (C=O) groups is 1. The Kier molecular flexibility index (Phi) is 7.42. The van der Waals surface area contributed by atoms with Gasteiger partial charge in [-0.15, -0.1) is 0 Å². The number of benzene rings is 3. The first-order chi connectivity index (χ1) is 16.7. The fourth-order valence-corrected chi connectivity index (χ4v) is 5.04. The normalized spacial score (nSPS) is 14.0. The van der Waals surface area contributed by atoms with Crippen molar-refractivity contribution in [3.8, 4) is 0 Å². The number of hydrogen-bond acceptors (Lipinski definition) is 5. The van der Waals surface area contributed by atoms with E-state index < -0.39 is 10.0 Å². The number of aryl methyl sites for hydroxylation is 2. The molecule has 3 aromatic carbocycles. The molecule has 8 heteroatoms. The average molecular weight is 494 g/mol. The molecular formula is C27H31N3O4S. The number of sulfonamides is 1. The van der Waals surface area contributed by atoms with Crippen molar-refractivity contribution in [1.29, 1.82) is 0 Å². The van der Waals surface area contributed by atoms with Gasteiger partial charge in [0.2, 0.25) is 0 Å². The molecular weight excluding hydrogens is 462 g/mol. The first-order valence-corrected chi connectivity index (χ1v) is 13.1. The van der Waals surface area contributed by atoms with Crippen molar-refractivity contribution in [2.45, 2.75) is 25.3 Å². The highest BCUT2D eigenvalue weighted by Gasteiger charge is 2.18. The Morgan fingerprint density at radius 2 is 1.60 bits per heavy atom. The molecule has 1 aliphatic heterocycles. The van der Waals surface area contributed by atoms with Gasteiger partial charge in [0, 0.05) is 43.6 Å². The lowest BCUT2D eigenvalue weighted by Gasteiger charge is -2.29. The number of ether oxygens (including phenoxy) is 1. The van der Waals surface area contributed by atoms with Crippen molar-refractivity contribution in [3.05, 3.63) is 89.0 Å². The summed E-state index contributed by atoms with van der Waals surface area (Å²) in [5.41, 5.74) is 5.21. The van der Waals surface area contributed by atoms with E-state index in [1.54, 1.807) is 36.2 Å². The van der Waals surface area contributed by atoms with Crippen molar-refractivity contribution in [2.75, 3.05) is 43.0 Å². The van der Waals surface area contributed by atoms with Gasteiger partial charge in [-0.3, -0.25) is 9.52 Å². The predicted octanol–water partition coefficient (Wildman–Crippen LogP) is 4.21. The van der Waals surface area contributed by atoms with E-state index in [2.05, 4.69) is 21.8 Å². The van der Waals surface area contributed by atoms with E-state index in [-0.39, 0.29) is 10.8 Å². The Bertz CT molecular complexity index is 1280. The number of amides is 1. The molecule has 0 unspecified atom stereocenters. The highest BCUT2D eigenvalue weighted by atomic mass is 32.2. The van der Waals surface area contributed by atoms with E-state index in [1.165, 1.54) is 12.1 Å². The highest BCUT2D eigenvalue weighted by Crippen LogP contribution is 2.21. The second-order valence-electron chi connectivity index (χ2n) is 8.86. The second-order valence-corrected chi connectivity index (χ2v) is 10.5. The van der Waals surface area contributed by atoms with E-state index in [9.17, 15) is 13.2 Å². The smallest absolute Gasteiger partial charge is 0.261 e. The Labute approximate surface area is 207 Å². The summed E-state index contributed by atoms with van der Waals surface area (Å²) in [5.74, 6) is -0.173. The molecule has 1 heterocycles. The Morgan fingerprint density at radius 1 is 0.943 bits per heavy atom. The largest absolute Gasteiger partial charge is 0.378 e. The van der Waals surface area contributed by atoms with Crippen LogP contribution in [0.25, 0.3) is 0 Å². The molecule has 1 aliphatic rings. The van der Waals surface area contributed by atoms with Gasteiger partial charge in [0.25, 0.3) is 15.9 Å². The maximum Gasteiger partial charge on any atom is 0.261 e. The molecule has 35 heavy (non-hydrogen) atoms. The van der Waals surface area contributed by atoms with Crippen LogP contribution in [0.1, 0.15) is 27.0 Å². The molecule has 0 radical (unpaired) electrons. The number of rotatable bonds is 7. The number of anilines is 2. The van der Waals surface area contributed by atoms with Crippen LogP contribution in [0.5, 0.6) is 0 Å². The average Bonchev–Trinajstić information content (AvgIpc) is 2.86. The predicted molar refractivity (Wildman–Crippen MR) is 138 cm³/mol.